The summed E-state index contributed by atoms with van der Waals surface area (Å²) in [5, 5.41) is 4.93. The molecule has 96 valence electrons. The largest absolute Gasteiger partial charge is 0.236 e. The second-order valence-electron chi connectivity index (χ2n) is 4.25. The molecule has 4 nitrogen and oxygen atoms in total. The molecule has 0 aliphatic rings. The molecule has 0 N–H and O–H groups in total. The van der Waals surface area contributed by atoms with E-state index in [1.165, 1.54) is 0 Å². The van der Waals surface area contributed by atoms with Crippen molar-refractivity contribution >= 4 is 11.6 Å². The highest BCUT2D eigenvalue weighted by Crippen LogP contribution is 2.20. The van der Waals surface area contributed by atoms with Gasteiger partial charge < -0.3 is 0 Å². The lowest BCUT2D eigenvalue weighted by molar-refractivity contribution is 0.760. The van der Waals surface area contributed by atoms with Crippen LogP contribution < -0.4 is 0 Å². The number of nitrogens with zero attached hydrogens (tertiary/aromatic N) is 4. The zero-order chi connectivity index (χ0) is 13.3. The summed E-state index contributed by atoms with van der Waals surface area (Å²) in [5.41, 5.74) is 3.88. The first-order chi connectivity index (χ1) is 8.56. The van der Waals surface area contributed by atoms with E-state index in [9.17, 15) is 0 Å². The van der Waals surface area contributed by atoms with Crippen molar-refractivity contribution in [2.24, 2.45) is 0 Å². The van der Waals surface area contributed by atoms with Crippen LogP contribution in [0.2, 0.25) is 5.15 Å². The third-order valence-corrected chi connectivity index (χ3v) is 3.26. The number of halogens is 1. The molecule has 0 radical (unpaired) electrons. The lowest BCUT2D eigenvalue weighted by Crippen LogP contribution is -2.08. The van der Waals surface area contributed by atoms with E-state index < -0.39 is 0 Å². The van der Waals surface area contributed by atoms with Crippen molar-refractivity contribution in [2.45, 2.75) is 40.5 Å². The monoisotopic (exact) mass is 264 g/mol. The van der Waals surface area contributed by atoms with E-state index in [2.05, 4.69) is 35.0 Å². The Morgan fingerprint density at radius 3 is 2.39 bits per heavy atom. The van der Waals surface area contributed by atoms with Gasteiger partial charge in [-0.05, 0) is 32.8 Å². The van der Waals surface area contributed by atoms with Crippen molar-refractivity contribution in [3.05, 3.63) is 34.0 Å². The van der Waals surface area contributed by atoms with Crippen LogP contribution in [0.5, 0.6) is 0 Å². The predicted octanol–water partition coefficient (Wildman–Crippen LogP) is 3.06. The average Bonchev–Trinajstić information content (AvgIpc) is 2.77. The van der Waals surface area contributed by atoms with Gasteiger partial charge in [-0.1, -0.05) is 25.4 Å². The van der Waals surface area contributed by atoms with Gasteiger partial charge in [-0.15, -0.1) is 0 Å². The second kappa shape index (κ2) is 5.06. The molecule has 0 atom stereocenters. The van der Waals surface area contributed by atoms with E-state index in [-0.39, 0.29) is 0 Å². The molecule has 0 amide bonds. The smallest absolute Gasteiger partial charge is 0.191 e. The molecule has 0 fully saturated rings. The molecule has 2 aromatic rings. The summed E-state index contributed by atoms with van der Waals surface area (Å²) >= 11 is 6.18. The zero-order valence-electron chi connectivity index (χ0n) is 11.2. The quantitative estimate of drug-likeness (QED) is 0.856. The second-order valence-corrected chi connectivity index (χ2v) is 4.61. The van der Waals surface area contributed by atoms with Crippen molar-refractivity contribution in [3.8, 4) is 5.82 Å². The molecule has 18 heavy (non-hydrogen) atoms. The van der Waals surface area contributed by atoms with Gasteiger partial charge in [0.25, 0.3) is 0 Å². The Morgan fingerprint density at radius 1 is 1.11 bits per heavy atom. The number of hydrogen-bond acceptors (Lipinski definition) is 3. The van der Waals surface area contributed by atoms with E-state index in [0.29, 0.717) is 11.0 Å². The first-order valence-electron chi connectivity index (χ1n) is 6.15. The van der Waals surface area contributed by atoms with Gasteiger partial charge in [0, 0.05) is 5.69 Å². The summed E-state index contributed by atoms with van der Waals surface area (Å²) in [4.78, 5) is 8.81. The van der Waals surface area contributed by atoms with Crippen molar-refractivity contribution in [2.75, 3.05) is 0 Å². The van der Waals surface area contributed by atoms with Crippen LogP contribution in [0.1, 0.15) is 36.6 Å². The topological polar surface area (TPSA) is 43.6 Å². The highest BCUT2D eigenvalue weighted by molar-refractivity contribution is 6.30. The normalized spacial score (nSPS) is 10.9. The maximum Gasteiger partial charge on any atom is 0.191 e. The van der Waals surface area contributed by atoms with Crippen LogP contribution in [-0.2, 0) is 12.8 Å². The molecule has 0 aromatic carbocycles. The Kier molecular flexibility index (Phi) is 3.66. The lowest BCUT2D eigenvalue weighted by Gasteiger charge is -2.08. The van der Waals surface area contributed by atoms with E-state index in [0.717, 1.165) is 35.6 Å². The summed E-state index contributed by atoms with van der Waals surface area (Å²) in [6.45, 7) is 8.01. The molecule has 0 aliphatic heterocycles. The van der Waals surface area contributed by atoms with Crippen molar-refractivity contribution in [3.63, 3.8) is 0 Å². The zero-order valence-corrected chi connectivity index (χ0v) is 11.9. The number of aromatic nitrogens is 4. The summed E-state index contributed by atoms with van der Waals surface area (Å²) in [5.74, 6) is 0.622. The van der Waals surface area contributed by atoms with Gasteiger partial charge in [-0.25, -0.2) is 14.6 Å². The van der Waals surface area contributed by atoms with Gasteiger partial charge in [0.05, 0.1) is 17.1 Å². The SMILES string of the molecule is CCc1cc(CC)n(-c2nc(C)c(C)nc2Cl)n1. The van der Waals surface area contributed by atoms with Crippen LogP contribution >= 0.6 is 11.6 Å². The van der Waals surface area contributed by atoms with Crippen LogP contribution in [0.4, 0.5) is 0 Å². The number of aryl methyl sites for hydroxylation is 4. The number of hydrogen-bond donors (Lipinski definition) is 0. The van der Waals surface area contributed by atoms with Crippen LogP contribution in [0.25, 0.3) is 5.82 Å². The average molecular weight is 265 g/mol. The van der Waals surface area contributed by atoms with Crippen molar-refractivity contribution < 1.29 is 0 Å². The van der Waals surface area contributed by atoms with Crippen molar-refractivity contribution in [1.29, 1.82) is 0 Å². The molecule has 0 bridgehead atoms. The van der Waals surface area contributed by atoms with Crippen LogP contribution in [0, 0.1) is 13.8 Å². The minimum absolute atomic E-state index is 0.401. The molecular weight excluding hydrogens is 248 g/mol. The summed E-state index contributed by atoms with van der Waals surface area (Å²) < 4.78 is 1.81. The minimum Gasteiger partial charge on any atom is -0.236 e. The molecule has 2 rings (SSSR count). The van der Waals surface area contributed by atoms with Crippen LogP contribution in [0.3, 0.4) is 0 Å². The number of rotatable bonds is 3. The fraction of sp³-hybridized carbons (Fsp3) is 0.462. The predicted molar refractivity (Wildman–Crippen MR) is 72.4 cm³/mol. The fourth-order valence-corrected chi connectivity index (χ4v) is 2.03. The molecule has 0 saturated carbocycles. The summed E-state index contributed by atoms with van der Waals surface area (Å²) in [6.07, 6.45) is 1.79. The molecule has 0 saturated heterocycles. The summed E-state index contributed by atoms with van der Waals surface area (Å²) in [6, 6.07) is 2.09. The van der Waals surface area contributed by atoms with Gasteiger partial charge in [-0.2, -0.15) is 5.10 Å². The summed E-state index contributed by atoms with van der Waals surface area (Å²) in [7, 11) is 0. The lowest BCUT2D eigenvalue weighted by atomic mass is 10.2. The maximum atomic E-state index is 6.18. The van der Waals surface area contributed by atoms with Gasteiger partial charge in [-0.3, -0.25) is 0 Å². The molecule has 2 aromatic heterocycles. The fourth-order valence-electron chi connectivity index (χ4n) is 1.78. The molecule has 0 unspecified atom stereocenters. The highest BCUT2D eigenvalue weighted by atomic mass is 35.5. The molecule has 0 spiro atoms. The molecule has 0 aliphatic carbocycles. The van der Waals surface area contributed by atoms with Crippen LogP contribution in [-0.4, -0.2) is 19.7 Å². The Labute approximate surface area is 112 Å². The van der Waals surface area contributed by atoms with E-state index >= 15 is 0 Å². The molecular formula is C13H17ClN4. The van der Waals surface area contributed by atoms with Crippen LogP contribution in [0.15, 0.2) is 6.07 Å². The highest BCUT2D eigenvalue weighted by Gasteiger charge is 2.14. The van der Waals surface area contributed by atoms with E-state index in [4.69, 9.17) is 11.6 Å². The first-order valence-corrected chi connectivity index (χ1v) is 6.53. The maximum absolute atomic E-state index is 6.18. The van der Waals surface area contributed by atoms with E-state index in [1.807, 2.05) is 13.8 Å². The van der Waals surface area contributed by atoms with Gasteiger partial charge in [0.2, 0.25) is 0 Å². The van der Waals surface area contributed by atoms with Crippen molar-refractivity contribution in [1.82, 2.24) is 19.7 Å². The van der Waals surface area contributed by atoms with Gasteiger partial charge >= 0.3 is 0 Å². The standard InChI is InChI=1S/C13H17ClN4/c1-5-10-7-11(6-2)18(17-10)13-12(14)15-8(3)9(4)16-13/h7H,5-6H2,1-4H3. The Hall–Kier alpha value is -1.42. The minimum atomic E-state index is 0.401. The third kappa shape index (κ3) is 2.25. The first kappa shape index (κ1) is 13.0. The molecule has 2 heterocycles. The van der Waals surface area contributed by atoms with E-state index in [1.54, 1.807) is 4.68 Å². The Morgan fingerprint density at radius 2 is 1.78 bits per heavy atom. The third-order valence-electron chi connectivity index (χ3n) is 3.01. The molecule has 5 heteroatoms. The van der Waals surface area contributed by atoms with Gasteiger partial charge in [0.15, 0.2) is 11.0 Å². The Bertz CT molecular complexity index is 575. The Balaban J connectivity index is 2.60. The van der Waals surface area contributed by atoms with Gasteiger partial charge in [0.1, 0.15) is 0 Å².